The first-order valence-corrected chi connectivity index (χ1v) is 3.21. The third-order valence-electron chi connectivity index (χ3n) is 1.42. The number of carbonyl (C=O) groups excluding carboxylic acids is 1. The van der Waals surface area contributed by atoms with Crippen LogP contribution >= 0.6 is 0 Å². The Bertz CT molecular complexity index is 410. The summed E-state index contributed by atoms with van der Waals surface area (Å²) >= 11 is 0. The van der Waals surface area contributed by atoms with E-state index in [9.17, 15) is 4.79 Å². The first-order valence-electron chi connectivity index (χ1n) is 3.21. The van der Waals surface area contributed by atoms with Crippen molar-refractivity contribution < 1.29 is 4.79 Å². The number of Topliss-reactive ketones (excluding diaryl/α,β-unsaturated/α-hetero) is 1. The van der Waals surface area contributed by atoms with Gasteiger partial charge in [0, 0.05) is 11.4 Å². The molecule has 2 heterocycles. The Labute approximate surface area is 62.3 Å². The topological polar surface area (TPSA) is 55.2 Å². The molecule has 0 fully saturated rings. The van der Waals surface area contributed by atoms with Crippen LogP contribution in [0, 0.1) is 0 Å². The highest BCUT2D eigenvalue weighted by molar-refractivity contribution is 6.07. The summed E-state index contributed by atoms with van der Waals surface area (Å²) in [6.45, 7) is 0.212. The maximum atomic E-state index is 10.8. The smallest absolute Gasteiger partial charge is 0.177 e. The molecule has 0 saturated heterocycles. The normalized spacial score (nSPS) is 14.7. The van der Waals surface area contributed by atoms with Gasteiger partial charge in [0.15, 0.2) is 11.3 Å². The predicted octanol–water partition coefficient (Wildman–Crippen LogP) is -1.54. The van der Waals surface area contributed by atoms with E-state index < -0.39 is 0 Å². The van der Waals surface area contributed by atoms with E-state index >= 15 is 0 Å². The van der Waals surface area contributed by atoms with E-state index in [0.29, 0.717) is 10.7 Å². The van der Waals surface area contributed by atoms with Crippen molar-refractivity contribution in [2.24, 2.45) is 4.99 Å². The third-order valence-corrected chi connectivity index (χ3v) is 1.42. The van der Waals surface area contributed by atoms with Gasteiger partial charge in [-0.1, -0.05) is 0 Å². The van der Waals surface area contributed by atoms with Crippen LogP contribution in [0.2, 0.25) is 0 Å². The number of nitrogens with zero attached hydrogens (tertiary/aromatic N) is 3. The largest absolute Gasteiger partial charge is 0.293 e. The van der Waals surface area contributed by atoms with Crippen LogP contribution in [0.25, 0.3) is 6.08 Å². The molecule has 0 atom stereocenters. The third kappa shape index (κ3) is 1.02. The first kappa shape index (κ1) is 6.15. The lowest BCUT2D eigenvalue weighted by atomic mass is 10.3. The second kappa shape index (κ2) is 2.23. The number of rotatable bonds is 0. The molecular weight excluding hydrogens is 142 g/mol. The summed E-state index contributed by atoms with van der Waals surface area (Å²) in [4.78, 5) is 22.4. The van der Waals surface area contributed by atoms with E-state index in [4.69, 9.17) is 0 Å². The molecule has 0 radical (unpaired) electrons. The van der Waals surface area contributed by atoms with Gasteiger partial charge in [-0.2, -0.15) is 0 Å². The van der Waals surface area contributed by atoms with Crippen molar-refractivity contribution in [2.45, 2.75) is 0 Å². The summed E-state index contributed by atoms with van der Waals surface area (Å²) in [5.74, 6) is 0.00676. The molecule has 0 aliphatic carbocycles. The minimum atomic E-state index is 0.00676. The molecule has 4 heteroatoms. The van der Waals surface area contributed by atoms with Crippen LogP contribution < -0.4 is 10.7 Å². The minimum absolute atomic E-state index is 0.00676. The number of fused-ring (bicyclic) bond motifs is 1. The molecule has 1 aliphatic heterocycles. The van der Waals surface area contributed by atoms with Crippen LogP contribution in [0.1, 0.15) is 0 Å². The monoisotopic (exact) mass is 147 g/mol. The van der Waals surface area contributed by atoms with Gasteiger partial charge in [-0.15, -0.1) is 0 Å². The van der Waals surface area contributed by atoms with Crippen molar-refractivity contribution in [1.82, 2.24) is 9.97 Å². The molecule has 1 aromatic rings. The highest BCUT2D eigenvalue weighted by atomic mass is 16.1. The lowest BCUT2D eigenvalue weighted by molar-refractivity contribution is -0.112. The summed E-state index contributed by atoms with van der Waals surface area (Å²) in [5.41, 5.74) is 0.611. The van der Waals surface area contributed by atoms with Gasteiger partial charge in [-0.05, 0) is 6.08 Å². The van der Waals surface area contributed by atoms with E-state index in [1.807, 2.05) is 0 Å². The number of hydrogen-bond acceptors (Lipinski definition) is 4. The maximum Gasteiger partial charge on any atom is 0.177 e. The fourth-order valence-corrected chi connectivity index (χ4v) is 0.940. The Morgan fingerprint density at radius 2 is 2.36 bits per heavy atom. The minimum Gasteiger partial charge on any atom is -0.293 e. The lowest BCUT2D eigenvalue weighted by Crippen LogP contribution is -2.34. The number of ketones is 1. The molecule has 0 N–H and O–H groups in total. The van der Waals surface area contributed by atoms with Crippen LogP contribution in [0.4, 0.5) is 0 Å². The zero-order valence-corrected chi connectivity index (χ0v) is 5.69. The van der Waals surface area contributed by atoms with Crippen LogP contribution in [0.15, 0.2) is 17.5 Å². The Balaban J connectivity index is 2.83. The summed E-state index contributed by atoms with van der Waals surface area (Å²) in [6, 6.07) is 0. The van der Waals surface area contributed by atoms with Crippen LogP contribution in [-0.2, 0) is 4.79 Å². The standard InChI is InChI=1S/C7H5N3O/c11-6-1-5-2-8-4-10-7(5)9-3-6/h1-2,4H,3H2. The molecule has 1 aliphatic rings. The average Bonchev–Trinajstić information content (AvgIpc) is 2.04. The number of hydrogen-bond donors (Lipinski definition) is 0. The molecular formula is C7H5N3O. The molecule has 2 rings (SSSR count). The maximum absolute atomic E-state index is 10.8. The lowest BCUT2D eigenvalue weighted by Gasteiger charge is -1.94. The van der Waals surface area contributed by atoms with Crippen molar-refractivity contribution in [1.29, 1.82) is 0 Å². The van der Waals surface area contributed by atoms with Gasteiger partial charge in [0.1, 0.15) is 12.9 Å². The number of aromatic nitrogens is 2. The molecule has 0 saturated carbocycles. The molecule has 1 aromatic heterocycles. The van der Waals surface area contributed by atoms with Crippen molar-refractivity contribution >= 4 is 11.9 Å². The van der Waals surface area contributed by atoms with Gasteiger partial charge >= 0.3 is 0 Å². The van der Waals surface area contributed by atoms with Gasteiger partial charge < -0.3 is 0 Å². The molecule has 0 bridgehead atoms. The zero-order valence-electron chi connectivity index (χ0n) is 5.69. The van der Waals surface area contributed by atoms with E-state index in [1.165, 1.54) is 12.4 Å². The van der Waals surface area contributed by atoms with Crippen LogP contribution in [-0.4, -0.2) is 22.3 Å². The van der Waals surface area contributed by atoms with Crippen molar-refractivity contribution in [3.05, 3.63) is 23.2 Å². The summed E-state index contributed by atoms with van der Waals surface area (Å²) in [5, 5.41) is 0.712. The van der Waals surface area contributed by atoms with Gasteiger partial charge in [0.25, 0.3) is 0 Å². The van der Waals surface area contributed by atoms with Crippen molar-refractivity contribution in [3.63, 3.8) is 0 Å². The Morgan fingerprint density at radius 3 is 3.27 bits per heavy atom. The van der Waals surface area contributed by atoms with E-state index in [-0.39, 0.29) is 12.3 Å². The van der Waals surface area contributed by atoms with Gasteiger partial charge in [0.05, 0.1) is 0 Å². The average molecular weight is 147 g/mol. The summed E-state index contributed by atoms with van der Waals surface area (Å²) in [7, 11) is 0. The number of carbonyl (C=O) groups is 1. The molecule has 11 heavy (non-hydrogen) atoms. The van der Waals surface area contributed by atoms with Gasteiger partial charge in [0.2, 0.25) is 0 Å². The van der Waals surface area contributed by atoms with E-state index in [2.05, 4.69) is 15.0 Å². The molecule has 0 spiro atoms. The SMILES string of the molecule is O=C1C=c2cncnc2=NC1. The fraction of sp³-hybridized carbons (Fsp3) is 0.143. The highest BCUT2D eigenvalue weighted by Crippen LogP contribution is 1.78. The molecule has 54 valence electrons. The second-order valence-corrected chi connectivity index (χ2v) is 2.23. The summed E-state index contributed by atoms with van der Waals surface area (Å²) in [6.07, 6.45) is 4.52. The van der Waals surface area contributed by atoms with Crippen LogP contribution in [0.5, 0.6) is 0 Å². The van der Waals surface area contributed by atoms with E-state index in [1.54, 1.807) is 6.20 Å². The first-order chi connectivity index (χ1) is 5.36. The fourth-order valence-electron chi connectivity index (χ4n) is 0.940. The van der Waals surface area contributed by atoms with E-state index in [0.717, 1.165) is 0 Å². The Hall–Kier alpha value is -1.58. The highest BCUT2D eigenvalue weighted by Gasteiger charge is 2.01. The van der Waals surface area contributed by atoms with Crippen molar-refractivity contribution in [2.75, 3.05) is 6.54 Å². The Kier molecular flexibility index (Phi) is 1.25. The molecule has 0 aromatic carbocycles. The summed E-state index contributed by atoms with van der Waals surface area (Å²) < 4.78 is 0. The predicted molar refractivity (Wildman–Crippen MR) is 37.2 cm³/mol. The zero-order chi connectivity index (χ0) is 7.68. The second-order valence-electron chi connectivity index (χ2n) is 2.23. The Morgan fingerprint density at radius 1 is 1.45 bits per heavy atom. The van der Waals surface area contributed by atoms with Crippen LogP contribution in [0.3, 0.4) is 0 Å². The molecule has 0 unspecified atom stereocenters. The molecule has 0 amide bonds. The quantitative estimate of drug-likeness (QED) is 0.447. The van der Waals surface area contributed by atoms with Gasteiger partial charge in [-0.25, -0.2) is 9.97 Å². The van der Waals surface area contributed by atoms with Crippen molar-refractivity contribution in [3.8, 4) is 0 Å². The molecule has 4 nitrogen and oxygen atoms in total. The van der Waals surface area contributed by atoms with Gasteiger partial charge in [-0.3, -0.25) is 9.79 Å².